The zero-order chi connectivity index (χ0) is 31.4. The first kappa shape index (κ1) is 31.0. The molecule has 0 bridgehead atoms. The summed E-state index contributed by atoms with van der Waals surface area (Å²) in [5.74, 6) is -2.85. The van der Waals surface area contributed by atoms with Crippen LogP contribution in [-0.4, -0.2) is 69.1 Å². The average molecular weight is 644 g/mol. The van der Waals surface area contributed by atoms with Crippen LogP contribution in [-0.2, 0) is 27.4 Å². The number of benzene rings is 2. The zero-order valence-corrected chi connectivity index (χ0v) is 24.9. The Morgan fingerprint density at radius 3 is 2.33 bits per heavy atom. The molecule has 1 fully saturated rings. The van der Waals surface area contributed by atoms with Crippen molar-refractivity contribution in [2.45, 2.75) is 25.6 Å². The molecule has 0 aliphatic carbocycles. The van der Waals surface area contributed by atoms with Gasteiger partial charge in [0, 0.05) is 62.8 Å². The molecule has 2 aliphatic rings. The number of anilines is 4. The maximum atomic E-state index is 14.7. The fourth-order valence-corrected chi connectivity index (χ4v) is 6.43. The summed E-state index contributed by atoms with van der Waals surface area (Å²) in [6.07, 6.45) is -3.48. The zero-order valence-electron chi connectivity index (χ0n) is 23.3. The molecule has 3 aromatic rings. The highest BCUT2D eigenvalue weighted by atomic mass is 35.5. The minimum atomic E-state index is -4.67. The van der Waals surface area contributed by atoms with Crippen LogP contribution in [0.4, 0.5) is 44.8 Å². The van der Waals surface area contributed by atoms with Crippen molar-refractivity contribution in [3.05, 3.63) is 75.9 Å². The number of piperazine rings is 1. The van der Waals surface area contributed by atoms with Gasteiger partial charge in [-0.3, -0.25) is 4.79 Å². The van der Waals surface area contributed by atoms with Crippen molar-refractivity contribution in [2.75, 3.05) is 54.2 Å². The number of nitrogens with zero attached hydrogens (tertiary/aromatic N) is 5. The van der Waals surface area contributed by atoms with Crippen molar-refractivity contribution in [2.24, 2.45) is 0 Å². The summed E-state index contributed by atoms with van der Waals surface area (Å²) in [4.78, 5) is 22.5. The number of hydrogen-bond acceptors (Lipinski definition) is 6. The van der Waals surface area contributed by atoms with Crippen molar-refractivity contribution >= 4 is 50.4 Å². The molecular weight excluding hydrogens is 617 g/mol. The van der Waals surface area contributed by atoms with Gasteiger partial charge in [-0.15, -0.1) is 0 Å². The quantitative estimate of drug-likeness (QED) is 0.283. The predicted octanol–water partition coefficient (Wildman–Crippen LogP) is 5.15. The highest BCUT2D eigenvalue weighted by molar-refractivity contribution is 7.88. The van der Waals surface area contributed by atoms with E-state index >= 15 is 0 Å². The number of aromatic nitrogens is 1. The lowest BCUT2D eigenvalue weighted by Gasteiger charge is -2.35. The summed E-state index contributed by atoms with van der Waals surface area (Å²) < 4.78 is 95.0. The van der Waals surface area contributed by atoms with E-state index in [1.54, 1.807) is 12.1 Å². The molecule has 15 heteroatoms. The smallest absolute Gasteiger partial charge is 0.369 e. The monoisotopic (exact) mass is 643 g/mol. The van der Waals surface area contributed by atoms with E-state index in [9.17, 15) is 35.2 Å². The second-order valence-corrected chi connectivity index (χ2v) is 12.9. The van der Waals surface area contributed by atoms with Gasteiger partial charge in [0.1, 0.15) is 23.5 Å². The molecule has 5 rings (SSSR count). The first-order valence-corrected chi connectivity index (χ1v) is 15.4. The Morgan fingerprint density at radius 2 is 1.70 bits per heavy atom. The summed E-state index contributed by atoms with van der Waals surface area (Å²) in [5, 5.41) is -0.404. The maximum Gasteiger partial charge on any atom is 0.416 e. The number of aryl methyl sites for hydroxylation is 1. The molecule has 2 aromatic carbocycles. The van der Waals surface area contributed by atoms with Crippen molar-refractivity contribution < 1.29 is 35.2 Å². The first-order chi connectivity index (χ1) is 20.0. The molecule has 1 amide bonds. The summed E-state index contributed by atoms with van der Waals surface area (Å²) >= 11 is 5.85. The van der Waals surface area contributed by atoms with E-state index in [1.165, 1.54) is 23.2 Å². The molecular formula is C28H27ClF5N5O3S. The third-order valence-corrected chi connectivity index (χ3v) is 9.19. The van der Waals surface area contributed by atoms with Gasteiger partial charge in [-0.25, -0.2) is 22.2 Å². The van der Waals surface area contributed by atoms with Gasteiger partial charge in [-0.1, -0.05) is 11.6 Å². The Bertz CT molecular complexity index is 1700. The Kier molecular flexibility index (Phi) is 8.07. The maximum absolute atomic E-state index is 14.7. The van der Waals surface area contributed by atoms with E-state index in [2.05, 4.69) is 4.98 Å². The van der Waals surface area contributed by atoms with Crippen molar-refractivity contribution in [3.63, 3.8) is 0 Å². The van der Waals surface area contributed by atoms with Gasteiger partial charge in [-0.05, 0) is 48.9 Å². The summed E-state index contributed by atoms with van der Waals surface area (Å²) in [6.45, 7) is 2.81. The Hall–Kier alpha value is -3.49. The van der Waals surface area contributed by atoms with Crippen molar-refractivity contribution in [3.8, 4) is 0 Å². The van der Waals surface area contributed by atoms with Crippen molar-refractivity contribution in [1.82, 2.24) is 9.29 Å². The lowest BCUT2D eigenvalue weighted by Crippen LogP contribution is -2.48. The van der Waals surface area contributed by atoms with E-state index in [1.807, 2.05) is 11.0 Å². The second-order valence-electron chi connectivity index (χ2n) is 10.5. The largest absolute Gasteiger partial charge is 0.416 e. The highest BCUT2D eigenvalue weighted by Crippen LogP contribution is 2.42. The molecule has 2 aliphatic heterocycles. The molecule has 1 atom stereocenters. The van der Waals surface area contributed by atoms with Crippen LogP contribution in [0.15, 0.2) is 42.5 Å². The second kappa shape index (κ2) is 11.2. The molecule has 0 saturated carbocycles. The van der Waals surface area contributed by atoms with Crippen LogP contribution in [0.5, 0.6) is 0 Å². The lowest BCUT2D eigenvalue weighted by atomic mass is 10.1. The van der Waals surface area contributed by atoms with E-state index in [-0.39, 0.29) is 36.7 Å². The number of amides is 1. The van der Waals surface area contributed by atoms with Crippen LogP contribution >= 0.6 is 11.6 Å². The Balaban J connectivity index is 1.54. The molecule has 0 spiro atoms. The van der Waals surface area contributed by atoms with Gasteiger partial charge >= 0.3 is 6.18 Å². The summed E-state index contributed by atoms with van der Waals surface area (Å²) in [7, 11) is -2.07. The molecule has 230 valence electrons. The number of carbonyl (C=O) groups is 1. The number of rotatable bonds is 5. The minimum absolute atomic E-state index is 0.0448. The molecule has 0 unspecified atom stereocenters. The number of alkyl halides is 3. The molecule has 8 nitrogen and oxygen atoms in total. The molecule has 0 N–H and O–H groups in total. The van der Waals surface area contributed by atoms with E-state index in [4.69, 9.17) is 11.6 Å². The van der Waals surface area contributed by atoms with Gasteiger partial charge in [0.05, 0.1) is 22.5 Å². The SMILES string of the molecule is Cc1cc(C(F)(F)F)cc(N2c3ccc(N4CCN(S(C)(=O)=O)CC4)cc3C[C@H]2C(=O)N(C)c2cc(Cl)c(F)cc2F)n1. The van der Waals surface area contributed by atoms with Gasteiger partial charge in [0.25, 0.3) is 0 Å². The molecule has 43 heavy (non-hydrogen) atoms. The minimum Gasteiger partial charge on any atom is -0.369 e. The number of carbonyl (C=O) groups excluding carboxylic acids is 1. The third kappa shape index (κ3) is 6.13. The summed E-state index contributed by atoms with van der Waals surface area (Å²) in [5.41, 5.74) is 0.649. The Morgan fingerprint density at radius 1 is 1.02 bits per heavy atom. The van der Waals surface area contributed by atoms with Crippen molar-refractivity contribution in [1.29, 1.82) is 0 Å². The van der Waals surface area contributed by atoms with Gasteiger partial charge in [0.15, 0.2) is 0 Å². The van der Waals surface area contributed by atoms with Gasteiger partial charge in [-0.2, -0.15) is 17.5 Å². The topological polar surface area (TPSA) is 77.1 Å². The number of likely N-dealkylation sites (N-methyl/N-ethyl adjacent to an activating group) is 1. The van der Waals surface area contributed by atoms with E-state index < -0.39 is 50.4 Å². The fourth-order valence-electron chi connectivity index (χ4n) is 5.44. The predicted molar refractivity (Wildman–Crippen MR) is 153 cm³/mol. The van der Waals surface area contributed by atoms with Gasteiger partial charge in [0.2, 0.25) is 15.9 Å². The number of fused-ring (bicyclic) bond motifs is 1. The highest BCUT2D eigenvalue weighted by Gasteiger charge is 2.40. The number of sulfonamides is 1. The average Bonchev–Trinajstić information content (AvgIpc) is 3.32. The van der Waals surface area contributed by atoms with Crippen LogP contribution in [0.1, 0.15) is 16.8 Å². The summed E-state index contributed by atoms with van der Waals surface area (Å²) in [6, 6.07) is 7.38. The van der Waals surface area contributed by atoms with Crippen LogP contribution in [0.2, 0.25) is 5.02 Å². The third-order valence-electron chi connectivity index (χ3n) is 7.60. The van der Waals surface area contributed by atoms with Gasteiger partial charge < -0.3 is 14.7 Å². The molecule has 1 aromatic heterocycles. The van der Waals surface area contributed by atoms with Crippen LogP contribution < -0.4 is 14.7 Å². The lowest BCUT2D eigenvalue weighted by molar-refractivity contribution is -0.137. The standard InChI is InChI=1S/C28H27ClF5N5O3S/c1-16-10-18(28(32,33)34)13-26(35-16)39-23-5-4-19(37-6-8-38(9-7-37)43(3,41)42)11-17(23)12-25(39)27(40)36(2)24-14-20(29)21(30)15-22(24)31/h4-5,10-11,13-15,25H,6-9,12H2,1-3H3/t25-/m0/s1. The first-order valence-electron chi connectivity index (χ1n) is 13.1. The fraction of sp³-hybridized carbons (Fsp3) is 0.357. The normalized spacial score (nSPS) is 17.7. The van der Waals surface area contributed by atoms with Crippen LogP contribution in [0.3, 0.4) is 0 Å². The number of hydrogen-bond donors (Lipinski definition) is 0. The van der Waals surface area contributed by atoms with E-state index in [0.717, 1.165) is 35.0 Å². The molecule has 0 radical (unpaired) electrons. The molecule has 3 heterocycles. The van der Waals surface area contributed by atoms with E-state index in [0.29, 0.717) is 30.4 Å². The Labute approximate surface area is 250 Å². The number of pyridine rings is 1. The number of halogens is 6. The van der Waals surface area contributed by atoms with Crippen LogP contribution in [0.25, 0.3) is 0 Å². The van der Waals surface area contributed by atoms with Crippen LogP contribution in [0, 0.1) is 18.6 Å². The molecule has 1 saturated heterocycles.